The lowest BCUT2D eigenvalue weighted by atomic mass is 10.2. The van der Waals surface area contributed by atoms with Gasteiger partial charge in [0, 0.05) is 0 Å². The van der Waals surface area contributed by atoms with Crippen molar-refractivity contribution in [3.8, 4) is 11.5 Å². The van der Waals surface area contributed by atoms with Crippen LogP contribution in [0.2, 0.25) is 10.0 Å². The predicted molar refractivity (Wildman–Crippen MR) is 101 cm³/mol. The Balaban J connectivity index is 1.66. The maximum atomic E-state index is 5.97. The first-order chi connectivity index (χ1) is 11.7. The Labute approximate surface area is 150 Å². The predicted octanol–water partition coefficient (Wildman–Crippen LogP) is 6.23. The van der Waals surface area contributed by atoms with E-state index in [0.29, 0.717) is 10.0 Å². The topological polar surface area (TPSA) is 33.6 Å². The molecule has 0 atom stereocenters. The molecule has 24 heavy (non-hydrogen) atoms. The third-order valence-corrected chi connectivity index (χ3v) is 3.90. The quantitative estimate of drug-likeness (QED) is 0.434. The van der Waals surface area contributed by atoms with E-state index in [1.165, 1.54) is 0 Å². The number of hydrazone groups is 1. The van der Waals surface area contributed by atoms with Crippen LogP contribution in [0.1, 0.15) is 5.56 Å². The number of nitrogens with one attached hydrogen (secondary N) is 1. The van der Waals surface area contributed by atoms with Crippen molar-refractivity contribution in [2.75, 3.05) is 5.43 Å². The van der Waals surface area contributed by atoms with Crippen molar-refractivity contribution in [2.24, 2.45) is 5.10 Å². The summed E-state index contributed by atoms with van der Waals surface area (Å²) in [7, 11) is 0. The molecule has 0 saturated heterocycles. The summed E-state index contributed by atoms with van der Waals surface area (Å²) < 4.78 is 5.80. The highest BCUT2D eigenvalue weighted by atomic mass is 35.5. The van der Waals surface area contributed by atoms with Crippen molar-refractivity contribution in [3.05, 3.63) is 88.4 Å². The molecule has 0 aliphatic heterocycles. The first-order valence-corrected chi connectivity index (χ1v) is 8.03. The van der Waals surface area contributed by atoms with E-state index in [2.05, 4.69) is 10.5 Å². The van der Waals surface area contributed by atoms with Gasteiger partial charge in [0.1, 0.15) is 11.5 Å². The largest absolute Gasteiger partial charge is 0.457 e. The molecule has 3 rings (SSSR count). The number of para-hydroxylation sites is 1. The SMILES string of the molecule is Clc1ccc(NN=Cc2cccc(Oc3ccccc3)c2)cc1Cl. The van der Waals surface area contributed by atoms with Gasteiger partial charge in [-0.1, -0.05) is 53.5 Å². The van der Waals surface area contributed by atoms with Crippen LogP contribution < -0.4 is 10.2 Å². The molecule has 3 nitrogen and oxygen atoms in total. The molecule has 5 heteroatoms. The summed E-state index contributed by atoms with van der Waals surface area (Å²) in [6.07, 6.45) is 1.71. The van der Waals surface area contributed by atoms with Crippen molar-refractivity contribution in [1.82, 2.24) is 0 Å². The van der Waals surface area contributed by atoms with Gasteiger partial charge in [0.15, 0.2) is 0 Å². The average molecular weight is 357 g/mol. The minimum Gasteiger partial charge on any atom is -0.457 e. The second-order valence-electron chi connectivity index (χ2n) is 4.99. The summed E-state index contributed by atoms with van der Waals surface area (Å²) >= 11 is 11.8. The van der Waals surface area contributed by atoms with Gasteiger partial charge in [0.05, 0.1) is 21.9 Å². The number of benzene rings is 3. The van der Waals surface area contributed by atoms with Gasteiger partial charge in [0.2, 0.25) is 0 Å². The second kappa shape index (κ2) is 7.86. The molecule has 3 aromatic carbocycles. The highest BCUT2D eigenvalue weighted by molar-refractivity contribution is 6.42. The van der Waals surface area contributed by atoms with E-state index in [1.807, 2.05) is 54.6 Å². The number of halogens is 2. The van der Waals surface area contributed by atoms with Gasteiger partial charge in [-0.25, -0.2) is 0 Å². The van der Waals surface area contributed by atoms with Crippen LogP contribution in [0.3, 0.4) is 0 Å². The summed E-state index contributed by atoms with van der Waals surface area (Å²) in [5.41, 5.74) is 4.59. The number of hydrogen-bond donors (Lipinski definition) is 1. The number of hydrogen-bond acceptors (Lipinski definition) is 3. The summed E-state index contributed by atoms with van der Waals surface area (Å²) in [5.74, 6) is 1.54. The van der Waals surface area contributed by atoms with Crippen LogP contribution in [0, 0.1) is 0 Å². The summed E-state index contributed by atoms with van der Waals surface area (Å²) in [5, 5.41) is 5.19. The molecule has 0 fully saturated rings. The molecule has 0 unspecified atom stereocenters. The van der Waals surface area contributed by atoms with Crippen LogP contribution in [0.4, 0.5) is 5.69 Å². The molecule has 0 saturated carbocycles. The van der Waals surface area contributed by atoms with Crippen LogP contribution >= 0.6 is 23.2 Å². The zero-order valence-corrected chi connectivity index (χ0v) is 14.1. The Hall–Kier alpha value is -2.49. The van der Waals surface area contributed by atoms with E-state index >= 15 is 0 Å². The Morgan fingerprint density at radius 1 is 0.792 bits per heavy atom. The van der Waals surface area contributed by atoms with Crippen LogP contribution in [0.15, 0.2) is 77.9 Å². The first-order valence-electron chi connectivity index (χ1n) is 7.28. The van der Waals surface area contributed by atoms with Crippen molar-refractivity contribution < 1.29 is 4.74 Å². The van der Waals surface area contributed by atoms with Crippen LogP contribution in [-0.4, -0.2) is 6.21 Å². The van der Waals surface area contributed by atoms with Crippen molar-refractivity contribution in [1.29, 1.82) is 0 Å². The standard InChI is InChI=1S/C19H14Cl2N2O/c20-18-10-9-15(12-19(18)21)23-22-13-14-5-4-8-17(11-14)24-16-6-2-1-3-7-16/h1-13,23H. The van der Waals surface area contributed by atoms with Gasteiger partial charge in [-0.15, -0.1) is 0 Å². The number of anilines is 1. The fourth-order valence-corrected chi connectivity index (χ4v) is 2.33. The number of rotatable bonds is 5. The molecule has 0 spiro atoms. The van der Waals surface area contributed by atoms with Gasteiger partial charge in [0.25, 0.3) is 0 Å². The van der Waals surface area contributed by atoms with Crippen molar-refractivity contribution in [3.63, 3.8) is 0 Å². The number of nitrogens with zero attached hydrogens (tertiary/aromatic N) is 1. The van der Waals surface area contributed by atoms with E-state index in [4.69, 9.17) is 27.9 Å². The highest BCUT2D eigenvalue weighted by Gasteiger charge is 1.99. The van der Waals surface area contributed by atoms with Crippen LogP contribution in [-0.2, 0) is 0 Å². The lowest BCUT2D eigenvalue weighted by molar-refractivity contribution is 0.482. The third-order valence-electron chi connectivity index (χ3n) is 3.16. The van der Waals surface area contributed by atoms with Crippen LogP contribution in [0.25, 0.3) is 0 Å². The van der Waals surface area contributed by atoms with E-state index in [9.17, 15) is 0 Å². The Morgan fingerprint density at radius 2 is 1.58 bits per heavy atom. The second-order valence-corrected chi connectivity index (χ2v) is 5.80. The number of ether oxygens (including phenoxy) is 1. The maximum absolute atomic E-state index is 5.97. The normalized spacial score (nSPS) is 10.8. The van der Waals surface area contributed by atoms with E-state index in [0.717, 1.165) is 22.7 Å². The van der Waals surface area contributed by atoms with Crippen molar-refractivity contribution >= 4 is 35.1 Å². The van der Waals surface area contributed by atoms with Crippen LogP contribution in [0.5, 0.6) is 11.5 Å². The van der Waals surface area contributed by atoms with Gasteiger partial charge < -0.3 is 4.74 Å². The molecule has 0 amide bonds. The van der Waals surface area contributed by atoms with Gasteiger partial charge in [-0.2, -0.15) is 5.10 Å². The molecule has 120 valence electrons. The van der Waals surface area contributed by atoms with Crippen molar-refractivity contribution in [2.45, 2.75) is 0 Å². The minimum atomic E-state index is 0.482. The molecular formula is C19H14Cl2N2O. The zero-order valence-electron chi connectivity index (χ0n) is 12.6. The highest BCUT2D eigenvalue weighted by Crippen LogP contribution is 2.25. The van der Waals surface area contributed by atoms with Gasteiger partial charge in [-0.05, 0) is 48.0 Å². The van der Waals surface area contributed by atoms with E-state index < -0.39 is 0 Å². The molecule has 0 radical (unpaired) electrons. The third kappa shape index (κ3) is 4.51. The zero-order chi connectivity index (χ0) is 16.8. The lowest BCUT2D eigenvalue weighted by Crippen LogP contribution is -1.91. The molecule has 0 aliphatic rings. The molecule has 0 heterocycles. The molecule has 0 aromatic heterocycles. The molecule has 0 bridgehead atoms. The monoisotopic (exact) mass is 356 g/mol. The summed E-state index contributed by atoms with van der Waals surface area (Å²) in [4.78, 5) is 0. The smallest absolute Gasteiger partial charge is 0.128 e. The summed E-state index contributed by atoms with van der Waals surface area (Å²) in [6, 6.07) is 22.5. The average Bonchev–Trinajstić information content (AvgIpc) is 2.59. The Kier molecular flexibility index (Phi) is 5.36. The Bertz CT molecular complexity index is 851. The van der Waals surface area contributed by atoms with Gasteiger partial charge in [-0.3, -0.25) is 5.43 Å². The fourth-order valence-electron chi connectivity index (χ4n) is 2.03. The van der Waals surface area contributed by atoms with Gasteiger partial charge >= 0.3 is 0 Å². The maximum Gasteiger partial charge on any atom is 0.128 e. The molecule has 1 N–H and O–H groups in total. The first kappa shape index (κ1) is 16.4. The van der Waals surface area contributed by atoms with E-state index in [-0.39, 0.29) is 0 Å². The molecule has 0 aliphatic carbocycles. The molecular weight excluding hydrogens is 343 g/mol. The fraction of sp³-hybridized carbons (Fsp3) is 0. The minimum absolute atomic E-state index is 0.482. The summed E-state index contributed by atoms with van der Waals surface area (Å²) in [6.45, 7) is 0. The van der Waals surface area contributed by atoms with E-state index in [1.54, 1.807) is 24.4 Å². The Morgan fingerprint density at radius 3 is 2.38 bits per heavy atom. The molecule has 3 aromatic rings. The lowest BCUT2D eigenvalue weighted by Gasteiger charge is -2.06.